The highest BCUT2D eigenvalue weighted by Crippen LogP contribution is 2.19. The number of benzene rings is 1. The number of hydrogen-bond donors (Lipinski definition) is 1. The Balaban J connectivity index is 2.15. The van der Waals surface area contributed by atoms with E-state index in [2.05, 4.69) is 9.46 Å². The molecule has 0 saturated carbocycles. The van der Waals surface area contributed by atoms with Gasteiger partial charge in [-0.05, 0) is 43.3 Å². The van der Waals surface area contributed by atoms with Gasteiger partial charge in [0.05, 0.1) is 19.3 Å². The van der Waals surface area contributed by atoms with Crippen LogP contribution in [-0.2, 0) is 19.5 Å². The highest BCUT2D eigenvalue weighted by atomic mass is 32.2. The summed E-state index contributed by atoms with van der Waals surface area (Å²) in [6, 6.07) is 8.02. The molecule has 1 heterocycles. The molecule has 1 aromatic heterocycles. The Bertz CT molecular complexity index is 837. The first kappa shape index (κ1) is 17.5. The second kappa shape index (κ2) is 7.18. The molecule has 0 atom stereocenters. The van der Waals surface area contributed by atoms with Crippen LogP contribution < -0.4 is 4.72 Å². The molecule has 0 fully saturated rings. The number of sulfonamides is 1. The molecule has 0 unspecified atom stereocenters. The molecule has 1 N–H and O–H groups in total. The lowest BCUT2D eigenvalue weighted by molar-refractivity contribution is 0.0524. The van der Waals surface area contributed by atoms with E-state index >= 15 is 0 Å². The molecule has 8 nitrogen and oxygen atoms in total. The predicted molar refractivity (Wildman–Crippen MR) is 83.3 cm³/mol. The van der Waals surface area contributed by atoms with Crippen molar-refractivity contribution in [1.82, 2.24) is 0 Å². The van der Waals surface area contributed by atoms with Gasteiger partial charge in [0.15, 0.2) is 0 Å². The summed E-state index contributed by atoms with van der Waals surface area (Å²) in [4.78, 5) is 22.8. The van der Waals surface area contributed by atoms with E-state index < -0.39 is 27.1 Å². The average molecular weight is 353 g/mol. The summed E-state index contributed by atoms with van der Waals surface area (Å²) in [6.45, 7) is 1.93. The molecule has 24 heavy (non-hydrogen) atoms. The van der Waals surface area contributed by atoms with Crippen molar-refractivity contribution in [3.63, 3.8) is 0 Å². The topological polar surface area (TPSA) is 112 Å². The molecule has 0 bridgehead atoms. The number of methoxy groups -OCH3 is 1. The summed E-state index contributed by atoms with van der Waals surface area (Å²) < 4.78 is 40.9. The Kier molecular flexibility index (Phi) is 5.24. The van der Waals surface area contributed by atoms with Gasteiger partial charge in [0.2, 0.25) is 10.9 Å². The predicted octanol–water partition coefficient (Wildman–Crippen LogP) is 2.04. The lowest BCUT2D eigenvalue weighted by atomic mass is 10.2. The van der Waals surface area contributed by atoms with Crippen molar-refractivity contribution in [1.29, 1.82) is 0 Å². The van der Waals surface area contributed by atoms with Gasteiger partial charge < -0.3 is 13.9 Å². The van der Waals surface area contributed by atoms with E-state index in [4.69, 9.17) is 9.15 Å². The van der Waals surface area contributed by atoms with Gasteiger partial charge >= 0.3 is 11.9 Å². The maximum Gasteiger partial charge on any atom is 0.374 e. The molecule has 0 radical (unpaired) electrons. The first-order chi connectivity index (χ1) is 11.4. The summed E-state index contributed by atoms with van der Waals surface area (Å²) in [6.07, 6.45) is 0. The largest absolute Gasteiger partial charge is 0.463 e. The van der Waals surface area contributed by atoms with E-state index in [-0.39, 0.29) is 18.1 Å². The van der Waals surface area contributed by atoms with Gasteiger partial charge in [0.1, 0.15) is 0 Å². The number of ether oxygens (including phenoxy) is 2. The fourth-order valence-corrected chi connectivity index (χ4v) is 2.76. The van der Waals surface area contributed by atoms with Crippen molar-refractivity contribution in [2.24, 2.45) is 0 Å². The number of carbonyl (C=O) groups excluding carboxylic acids is 2. The maximum absolute atomic E-state index is 12.2. The summed E-state index contributed by atoms with van der Waals surface area (Å²) in [5, 5.41) is -0.433. The molecule has 1 aromatic carbocycles. The van der Waals surface area contributed by atoms with E-state index in [1.807, 2.05) is 0 Å². The molecular weight excluding hydrogens is 338 g/mol. The minimum atomic E-state index is -4.02. The zero-order valence-corrected chi connectivity index (χ0v) is 13.8. The van der Waals surface area contributed by atoms with Gasteiger partial charge in [-0.15, -0.1) is 0 Å². The SMILES string of the molecule is CCOC(=O)c1ccc(NS(=O)(=O)c2ccc(C(=O)OC)o2)cc1. The second-order valence-corrected chi connectivity index (χ2v) is 6.13. The third-order valence-corrected chi connectivity index (χ3v) is 4.13. The standard InChI is InChI=1S/C15H15NO7S/c1-3-22-14(17)10-4-6-11(7-5-10)16-24(19,20)13-9-8-12(23-13)15(18)21-2/h4-9,16H,3H2,1-2H3. The molecule has 2 aromatic rings. The minimum absolute atomic E-state index is 0.221. The Labute approximate surface area is 138 Å². The number of hydrogen-bond acceptors (Lipinski definition) is 7. The van der Waals surface area contributed by atoms with Crippen molar-refractivity contribution in [2.75, 3.05) is 18.4 Å². The monoisotopic (exact) mass is 353 g/mol. The summed E-state index contributed by atoms with van der Waals surface area (Å²) in [7, 11) is -2.86. The van der Waals surface area contributed by atoms with Crippen LogP contribution in [0.5, 0.6) is 0 Å². The zero-order valence-electron chi connectivity index (χ0n) is 12.9. The van der Waals surface area contributed by atoms with E-state index in [0.29, 0.717) is 5.56 Å². The molecule has 0 aliphatic rings. The van der Waals surface area contributed by atoms with Crippen LogP contribution in [0.2, 0.25) is 0 Å². The molecule has 9 heteroatoms. The van der Waals surface area contributed by atoms with E-state index in [1.54, 1.807) is 6.92 Å². The molecule has 0 aliphatic carbocycles. The normalized spacial score (nSPS) is 10.9. The van der Waals surface area contributed by atoms with Crippen LogP contribution in [0.3, 0.4) is 0 Å². The van der Waals surface area contributed by atoms with E-state index in [0.717, 1.165) is 13.2 Å². The first-order valence-corrected chi connectivity index (χ1v) is 8.34. The van der Waals surface area contributed by atoms with Gasteiger partial charge in [-0.25, -0.2) is 9.59 Å². The first-order valence-electron chi connectivity index (χ1n) is 6.85. The molecule has 0 spiro atoms. The lowest BCUT2D eigenvalue weighted by Gasteiger charge is -2.07. The molecule has 0 saturated heterocycles. The third kappa shape index (κ3) is 3.93. The van der Waals surface area contributed by atoms with Crippen LogP contribution in [0.15, 0.2) is 45.9 Å². The fourth-order valence-electron chi connectivity index (χ4n) is 1.77. The van der Waals surface area contributed by atoms with Crippen LogP contribution in [0.1, 0.15) is 27.8 Å². The van der Waals surface area contributed by atoms with Gasteiger partial charge in [0, 0.05) is 5.69 Å². The third-order valence-electron chi connectivity index (χ3n) is 2.88. The number of rotatable bonds is 6. The summed E-state index contributed by atoms with van der Waals surface area (Å²) >= 11 is 0. The van der Waals surface area contributed by atoms with Crippen LogP contribution in [-0.4, -0.2) is 34.1 Å². The van der Waals surface area contributed by atoms with Gasteiger partial charge in [0.25, 0.3) is 10.0 Å². The van der Waals surface area contributed by atoms with Crippen LogP contribution in [0.4, 0.5) is 5.69 Å². The molecule has 2 rings (SSSR count). The summed E-state index contributed by atoms with van der Waals surface area (Å²) in [5.41, 5.74) is 0.518. The van der Waals surface area contributed by atoms with Crippen LogP contribution >= 0.6 is 0 Å². The highest BCUT2D eigenvalue weighted by Gasteiger charge is 2.21. The average Bonchev–Trinajstić information content (AvgIpc) is 3.05. The second-order valence-electron chi connectivity index (χ2n) is 4.51. The minimum Gasteiger partial charge on any atom is -0.463 e. The lowest BCUT2D eigenvalue weighted by Crippen LogP contribution is -2.12. The number of anilines is 1. The Morgan fingerprint density at radius 3 is 2.33 bits per heavy atom. The Morgan fingerprint density at radius 2 is 1.75 bits per heavy atom. The Hall–Kier alpha value is -2.81. The van der Waals surface area contributed by atoms with Crippen LogP contribution in [0.25, 0.3) is 0 Å². The number of carbonyl (C=O) groups is 2. The van der Waals surface area contributed by atoms with E-state index in [1.165, 1.54) is 30.3 Å². The van der Waals surface area contributed by atoms with Gasteiger partial charge in [-0.2, -0.15) is 8.42 Å². The fraction of sp³-hybridized carbons (Fsp3) is 0.200. The van der Waals surface area contributed by atoms with Gasteiger partial charge in [-0.1, -0.05) is 0 Å². The Morgan fingerprint density at radius 1 is 1.08 bits per heavy atom. The smallest absolute Gasteiger partial charge is 0.374 e. The van der Waals surface area contributed by atoms with Crippen molar-refractivity contribution in [2.45, 2.75) is 12.0 Å². The zero-order chi connectivity index (χ0) is 17.7. The van der Waals surface area contributed by atoms with Crippen molar-refractivity contribution < 1.29 is 31.9 Å². The van der Waals surface area contributed by atoms with Crippen molar-refractivity contribution in [3.8, 4) is 0 Å². The van der Waals surface area contributed by atoms with Crippen molar-refractivity contribution in [3.05, 3.63) is 47.7 Å². The molecule has 0 aliphatic heterocycles. The summed E-state index contributed by atoms with van der Waals surface area (Å²) in [5.74, 6) is -1.51. The van der Waals surface area contributed by atoms with Gasteiger partial charge in [-0.3, -0.25) is 4.72 Å². The maximum atomic E-state index is 12.2. The van der Waals surface area contributed by atoms with Crippen LogP contribution in [0, 0.1) is 0 Å². The quantitative estimate of drug-likeness (QED) is 0.791. The highest BCUT2D eigenvalue weighted by molar-refractivity contribution is 7.92. The molecule has 0 amide bonds. The number of nitrogens with one attached hydrogen (secondary N) is 1. The number of furan rings is 1. The number of esters is 2. The molecule has 128 valence electrons. The molecular formula is C15H15NO7S. The van der Waals surface area contributed by atoms with Crippen molar-refractivity contribution >= 4 is 27.6 Å². The van der Waals surface area contributed by atoms with E-state index in [9.17, 15) is 18.0 Å².